The molecule has 4 atom stereocenters. The molecule has 1 aromatic heterocycles. The zero-order chi connectivity index (χ0) is 31.3. The van der Waals surface area contributed by atoms with Gasteiger partial charge in [-0.1, -0.05) is 120 Å². The highest BCUT2D eigenvalue weighted by Gasteiger charge is 2.38. The fourth-order valence-corrected chi connectivity index (χ4v) is 6.26. The third-order valence-electron chi connectivity index (χ3n) is 7.46. The predicted octanol–water partition coefficient (Wildman–Crippen LogP) is 7.05. The van der Waals surface area contributed by atoms with Crippen LogP contribution in [0, 0.1) is 11.1 Å². The predicted molar refractivity (Wildman–Crippen MR) is 173 cm³/mol. The number of hydrogen-bond donors (Lipinski definition) is 2. The summed E-state index contributed by atoms with van der Waals surface area (Å²) in [4.78, 5) is 11.9. The molecule has 1 amide bonds. The van der Waals surface area contributed by atoms with Crippen molar-refractivity contribution in [2.45, 2.75) is 47.4 Å². The number of aromatic nitrogens is 1. The van der Waals surface area contributed by atoms with Crippen LogP contribution in [0.25, 0.3) is 11.1 Å². The Morgan fingerprint density at radius 3 is 2.34 bits per heavy atom. The van der Waals surface area contributed by atoms with E-state index in [9.17, 15) is 15.1 Å². The largest absolute Gasteiger partial charge is 0.618 e. The van der Waals surface area contributed by atoms with Crippen LogP contribution in [-0.4, -0.2) is 26.7 Å². The minimum Gasteiger partial charge on any atom is -0.618 e. The molecule has 11 heteroatoms. The lowest BCUT2D eigenvalue weighted by Crippen LogP contribution is -2.39. The van der Waals surface area contributed by atoms with E-state index in [1.54, 1.807) is 12.1 Å². The van der Waals surface area contributed by atoms with Gasteiger partial charge in [-0.05, 0) is 39.9 Å². The van der Waals surface area contributed by atoms with Gasteiger partial charge in [0.15, 0.2) is 12.5 Å². The van der Waals surface area contributed by atoms with Gasteiger partial charge in [0.2, 0.25) is 0 Å². The van der Waals surface area contributed by atoms with E-state index in [-0.39, 0.29) is 31.3 Å². The summed E-state index contributed by atoms with van der Waals surface area (Å²) in [6.07, 6.45) is 0.386. The van der Waals surface area contributed by atoms with E-state index in [1.165, 1.54) is 18.0 Å². The Morgan fingerprint density at radius 2 is 1.66 bits per heavy atom. The number of carbonyl (C=O) groups is 1. The van der Waals surface area contributed by atoms with Crippen molar-refractivity contribution in [1.82, 2.24) is 5.32 Å². The lowest BCUT2D eigenvalue weighted by molar-refractivity contribution is -0.645. The van der Waals surface area contributed by atoms with E-state index in [0.29, 0.717) is 10.8 Å². The first-order valence-corrected chi connectivity index (χ1v) is 16.1. The molecule has 7 nitrogen and oxygen atoms in total. The molecule has 3 aromatic carbocycles. The van der Waals surface area contributed by atoms with Gasteiger partial charge in [0.25, 0.3) is 14.7 Å². The molecule has 230 valence electrons. The van der Waals surface area contributed by atoms with E-state index in [2.05, 4.69) is 12.2 Å². The Hall–Kier alpha value is -2.82. The number of nitrogens with zero attached hydrogens (tertiary/aromatic N) is 1. The summed E-state index contributed by atoms with van der Waals surface area (Å²) in [6.45, 7) is 2.28. The SMILES string of the molecule is C[C@@H]1[C@H](CSc2cccc[n+]2[O-])O[C@H](c2ccc(-c3cccc(CNC(=O)C(Cl)(Cl)Cl)c3)cc2)O[C@@H]1c1ccc(CO)cc1. The molecule has 0 saturated carbocycles. The normalized spacial score (nSPS) is 20.3. The van der Waals surface area contributed by atoms with Gasteiger partial charge in [0.1, 0.15) is 0 Å². The van der Waals surface area contributed by atoms with Crippen LogP contribution in [0.1, 0.15) is 41.6 Å². The van der Waals surface area contributed by atoms with Crippen LogP contribution in [0.3, 0.4) is 0 Å². The van der Waals surface area contributed by atoms with Crippen molar-refractivity contribution in [1.29, 1.82) is 0 Å². The Labute approximate surface area is 275 Å². The Kier molecular flexibility index (Phi) is 10.7. The second-order valence-corrected chi connectivity index (χ2v) is 13.8. The van der Waals surface area contributed by atoms with Gasteiger partial charge >= 0.3 is 0 Å². The molecule has 0 bridgehead atoms. The zero-order valence-electron chi connectivity index (χ0n) is 23.7. The highest BCUT2D eigenvalue weighted by atomic mass is 35.6. The molecular weight excluding hydrogens is 643 g/mol. The molecule has 1 aliphatic heterocycles. The van der Waals surface area contributed by atoms with Gasteiger partial charge in [0.05, 0.1) is 18.8 Å². The third-order valence-corrected chi connectivity index (χ3v) is 9.08. The smallest absolute Gasteiger partial charge is 0.272 e. The summed E-state index contributed by atoms with van der Waals surface area (Å²) in [7, 11) is 0. The van der Waals surface area contributed by atoms with Crippen molar-refractivity contribution >= 4 is 52.5 Å². The van der Waals surface area contributed by atoms with Crippen molar-refractivity contribution in [3.63, 3.8) is 0 Å². The molecule has 1 saturated heterocycles. The number of aliphatic hydroxyl groups is 1. The zero-order valence-corrected chi connectivity index (χ0v) is 26.8. The quantitative estimate of drug-likeness (QED) is 0.0856. The van der Waals surface area contributed by atoms with Gasteiger partial charge in [-0.3, -0.25) is 4.79 Å². The molecule has 44 heavy (non-hydrogen) atoms. The minimum absolute atomic E-state index is 0.00777. The maximum atomic E-state index is 12.3. The third kappa shape index (κ3) is 8.06. The van der Waals surface area contributed by atoms with Gasteiger partial charge in [0, 0.05) is 35.9 Å². The number of aliphatic hydroxyl groups excluding tert-OH is 1. The van der Waals surface area contributed by atoms with Crippen LogP contribution >= 0.6 is 46.6 Å². The number of carbonyl (C=O) groups excluding carboxylic acids is 1. The Morgan fingerprint density at radius 1 is 0.932 bits per heavy atom. The van der Waals surface area contributed by atoms with E-state index in [4.69, 9.17) is 44.3 Å². The number of pyridine rings is 1. The number of rotatable bonds is 9. The maximum absolute atomic E-state index is 12.3. The number of ether oxygens (including phenoxy) is 2. The molecule has 1 aliphatic rings. The molecular formula is C33H31Cl3N2O5S. The number of halogens is 3. The van der Waals surface area contributed by atoms with Crippen LogP contribution in [0.2, 0.25) is 0 Å². The van der Waals surface area contributed by atoms with Crippen LogP contribution in [-0.2, 0) is 27.4 Å². The Bertz CT molecular complexity index is 1570. The van der Waals surface area contributed by atoms with Crippen molar-refractivity contribution in [2.75, 3.05) is 5.75 Å². The summed E-state index contributed by atoms with van der Waals surface area (Å²) in [5, 5.41) is 25.0. The number of nitrogens with one attached hydrogen (secondary N) is 1. The number of thioether (sulfide) groups is 1. The first-order chi connectivity index (χ1) is 21.1. The number of benzene rings is 3. The van der Waals surface area contributed by atoms with Gasteiger partial charge < -0.3 is 25.1 Å². The molecule has 0 radical (unpaired) electrons. The molecule has 2 N–H and O–H groups in total. The first-order valence-electron chi connectivity index (χ1n) is 14.0. The van der Waals surface area contributed by atoms with E-state index in [1.807, 2.05) is 78.9 Å². The molecule has 1 fully saturated rings. The van der Waals surface area contributed by atoms with Crippen LogP contribution in [0.4, 0.5) is 0 Å². The van der Waals surface area contributed by atoms with Crippen LogP contribution in [0.5, 0.6) is 0 Å². The highest BCUT2D eigenvalue weighted by Crippen LogP contribution is 2.43. The van der Waals surface area contributed by atoms with E-state index in [0.717, 1.165) is 38.1 Å². The summed E-state index contributed by atoms with van der Waals surface area (Å²) < 4.78 is 11.9. The Balaban J connectivity index is 1.35. The topological polar surface area (TPSA) is 94.7 Å². The average molecular weight is 674 g/mol. The monoisotopic (exact) mass is 672 g/mol. The first kappa shape index (κ1) is 32.6. The van der Waals surface area contributed by atoms with Crippen molar-refractivity contribution in [3.8, 4) is 11.1 Å². The van der Waals surface area contributed by atoms with Gasteiger partial charge in [-0.2, -0.15) is 4.73 Å². The van der Waals surface area contributed by atoms with E-state index >= 15 is 0 Å². The van der Waals surface area contributed by atoms with E-state index < -0.39 is 16.0 Å². The van der Waals surface area contributed by atoms with Crippen molar-refractivity contribution in [2.24, 2.45) is 5.92 Å². The van der Waals surface area contributed by atoms with Crippen molar-refractivity contribution < 1.29 is 24.1 Å². The number of hydrogen-bond acceptors (Lipinski definition) is 6. The number of alkyl halides is 3. The van der Waals surface area contributed by atoms with Gasteiger partial charge in [-0.15, -0.1) is 0 Å². The van der Waals surface area contributed by atoms with Gasteiger partial charge in [-0.25, -0.2) is 0 Å². The minimum atomic E-state index is -2.02. The lowest BCUT2D eigenvalue weighted by atomic mass is 9.91. The average Bonchev–Trinajstić information content (AvgIpc) is 3.03. The van der Waals surface area contributed by atoms with Crippen molar-refractivity contribution in [3.05, 3.63) is 125 Å². The molecule has 5 rings (SSSR count). The lowest BCUT2D eigenvalue weighted by Gasteiger charge is -2.41. The molecule has 2 heterocycles. The number of amides is 1. The highest BCUT2D eigenvalue weighted by molar-refractivity contribution is 7.99. The molecule has 0 unspecified atom stereocenters. The second kappa shape index (κ2) is 14.5. The summed E-state index contributed by atoms with van der Waals surface area (Å²) in [5.41, 5.74) is 5.47. The molecule has 0 spiro atoms. The van der Waals surface area contributed by atoms with Crippen LogP contribution in [0.15, 0.2) is 102 Å². The second-order valence-electron chi connectivity index (χ2n) is 10.5. The van der Waals surface area contributed by atoms with Crippen LogP contribution < -0.4 is 10.0 Å². The standard InChI is InChI=1S/C33H31Cl3N2O5S/c1-21-28(20-44-29-7-2-3-16-38(29)41)42-31(43-30(21)25-10-8-22(19-39)9-11-25)26-14-12-24(13-15-26)27-6-4-5-23(17-27)18-37-32(40)33(34,35)36/h2-17,21,28,30-31,39H,18-20H2,1H3,(H,37,40)/t21-,28+,30+,31+/m1/s1. The summed E-state index contributed by atoms with van der Waals surface area (Å²) in [5.74, 6) is -0.126. The fourth-order valence-electron chi connectivity index (χ4n) is 4.98. The summed E-state index contributed by atoms with van der Waals surface area (Å²) >= 11 is 18.4. The fraction of sp³-hybridized carbons (Fsp3) is 0.273. The maximum Gasteiger partial charge on any atom is 0.272 e. The molecule has 0 aliphatic carbocycles. The molecule has 4 aromatic rings. The summed E-state index contributed by atoms with van der Waals surface area (Å²) in [6, 6.07) is 28.8.